The second-order valence-corrected chi connectivity index (χ2v) is 7.07. The molecule has 0 aliphatic carbocycles. The lowest BCUT2D eigenvalue weighted by atomic mass is 10.0. The molecule has 0 fully saturated rings. The molecule has 2 aliphatic rings. The maximum Gasteiger partial charge on any atom is 0.123 e. The summed E-state index contributed by atoms with van der Waals surface area (Å²) in [5.74, 6) is 1.35. The van der Waals surface area contributed by atoms with Crippen LogP contribution in [-0.4, -0.2) is 25.3 Å². The monoisotopic (exact) mass is 379 g/mol. The lowest BCUT2D eigenvalue weighted by Crippen LogP contribution is -2.34. The SMILES string of the molecule is CN=CC(C1=CNC2=CC=C(NC(=N)C=C(C=N)CC(C)C)NC2=C1)=C(C)N. The van der Waals surface area contributed by atoms with Gasteiger partial charge in [-0.2, -0.15) is 0 Å². The highest BCUT2D eigenvalue weighted by atomic mass is 15.1. The number of dihydropyridines is 2. The lowest BCUT2D eigenvalue weighted by Gasteiger charge is -2.25. The molecule has 7 nitrogen and oxygen atoms in total. The molecule has 0 unspecified atom stereocenters. The highest BCUT2D eigenvalue weighted by Gasteiger charge is 2.17. The van der Waals surface area contributed by atoms with Gasteiger partial charge in [0.25, 0.3) is 0 Å². The Morgan fingerprint density at radius 3 is 2.68 bits per heavy atom. The number of hydrogen-bond donors (Lipinski definition) is 6. The normalized spacial score (nSPS) is 17.4. The summed E-state index contributed by atoms with van der Waals surface area (Å²) < 4.78 is 0. The number of hydrogen-bond acceptors (Lipinski definition) is 6. The highest BCUT2D eigenvalue weighted by molar-refractivity contribution is 5.96. The van der Waals surface area contributed by atoms with Crippen molar-refractivity contribution in [1.82, 2.24) is 16.0 Å². The molecule has 0 bridgehead atoms. The third-order valence-corrected chi connectivity index (χ3v) is 4.08. The Kier molecular flexibility index (Phi) is 7.14. The zero-order chi connectivity index (χ0) is 20.7. The van der Waals surface area contributed by atoms with Crippen molar-refractivity contribution in [2.24, 2.45) is 16.6 Å². The molecule has 0 radical (unpaired) electrons. The van der Waals surface area contributed by atoms with Crippen LogP contribution in [0.1, 0.15) is 27.2 Å². The van der Waals surface area contributed by atoms with Gasteiger partial charge in [0.05, 0.1) is 11.4 Å². The van der Waals surface area contributed by atoms with Gasteiger partial charge in [0.1, 0.15) is 11.7 Å². The summed E-state index contributed by atoms with van der Waals surface area (Å²) in [6, 6.07) is 0. The van der Waals surface area contributed by atoms with E-state index in [4.69, 9.17) is 16.6 Å². The molecule has 0 aromatic rings. The summed E-state index contributed by atoms with van der Waals surface area (Å²) in [6.07, 6.45) is 13.2. The van der Waals surface area contributed by atoms with Gasteiger partial charge < -0.3 is 27.1 Å². The van der Waals surface area contributed by atoms with Crippen LogP contribution in [0.2, 0.25) is 0 Å². The standard InChI is InChI=1S/C21H29N7/c1-13(2)7-15(10-22)8-20(24)28-21-6-5-18-19(27-21)9-16(11-26-18)17(12-25-4)14(3)23/h5-6,8-13,22,26-27H,7,23H2,1-4H3,(H2,24,28). The Hall–Kier alpha value is -3.35. The third-order valence-electron chi connectivity index (χ3n) is 4.08. The van der Waals surface area contributed by atoms with Gasteiger partial charge in [-0.05, 0) is 49.1 Å². The zero-order valence-electron chi connectivity index (χ0n) is 16.9. The predicted molar refractivity (Wildman–Crippen MR) is 117 cm³/mol. The zero-order valence-corrected chi connectivity index (χ0v) is 16.9. The number of fused-ring (bicyclic) bond motifs is 1. The minimum Gasteiger partial charge on any atom is -0.402 e. The fourth-order valence-corrected chi connectivity index (χ4v) is 2.86. The lowest BCUT2D eigenvalue weighted by molar-refractivity contribution is 0.655. The van der Waals surface area contributed by atoms with Crippen LogP contribution in [0.3, 0.4) is 0 Å². The smallest absolute Gasteiger partial charge is 0.123 e. The molecular weight excluding hydrogens is 350 g/mol. The van der Waals surface area contributed by atoms with Gasteiger partial charge in [0.15, 0.2) is 0 Å². The molecule has 0 aromatic carbocycles. The second kappa shape index (κ2) is 9.55. The van der Waals surface area contributed by atoms with E-state index in [-0.39, 0.29) is 5.84 Å². The summed E-state index contributed by atoms with van der Waals surface area (Å²) in [5.41, 5.74) is 11.1. The van der Waals surface area contributed by atoms with Gasteiger partial charge >= 0.3 is 0 Å². The number of nitrogens with two attached hydrogens (primary N) is 1. The summed E-state index contributed by atoms with van der Waals surface area (Å²) in [7, 11) is 1.71. The average molecular weight is 380 g/mol. The van der Waals surface area contributed by atoms with E-state index in [0.29, 0.717) is 17.4 Å². The summed E-state index contributed by atoms with van der Waals surface area (Å²) >= 11 is 0. The molecule has 0 amide bonds. The molecule has 2 heterocycles. The fraction of sp³-hybridized carbons (Fsp3) is 0.286. The van der Waals surface area contributed by atoms with Gasteiger partial charge in [-0.15, -0.1) is 0 Å². The van der Waals surface area contributed by atoms with Crippen molar-refractivity contribution in [3.05, 3.63) is 70.1 Å². The first-order valence-corrected chi connectivity index (χ1v) is 9.17. The van der Waals surface area contributed by atoms with Crippen molar-refractivity contribution in [1.29, 1.82) is 10.8 Å². The number of aliphatic imine (C=N–C) groups is 1. The minimum atomic E-state index is 0.228. The molecule has 2 aliphatic heterocycles. The van der Waals surface area contributed by atoms with Crippen molar-refractivity contribution in [2.75, 3.05) is 7.05 Å². The van der Waals surface area contributed by atoms with E-state index in [2.05, 4.69) is 34.8 Å². The molecule has 0 saturated carbocycles. The molecule has 0 aromatic heterocycles. The summed E-state index contributed by atoms with van der Waals surface area (Å²) in [5, 5.41) is 25.3. The number of nitrogens with zero attached hydrogens (tertiary/aromatic N) is 1. The van der Waals surface area contributed by atoms with Crippen LogP contribution >= 0.6 is 0 Å². The maximum atomic E-state index is 8.17. The van der Waals surface area contributed by atoms with Crippen LogP contribution in [-0.2, 0) is 0 Å². The van der Waals surface area contributed by atoms with E-state index in [1.54, 1.807) is 19.3 Å². The average Bonchev–Trinajstić information content (AvgIpc) is 2.64. The molecular formula is C21H29N7. The molecule has 7 N–H and O–H groups in total. The van der Waals surface area contributed by atoms with E-state index in [1.165, 1.54) is 6.21 Å². The Morgan fingerprint density at radius 1 is 1.32 bits per heavy atom. The first-order valence-electron chi connectivity index (χ1n) is 9.17. The van der Waals surface area contributed by atoms with Crippen molar-refractivity contribution in [3.8, 4) is 0 Å². The van der Waals surface area contributed by atoms with Crippen LogP contribution < -0.4 is 21.7 Å². The molecule has 0 saturated heterocycles. The minimum absolute atomic E-state index is 0.228. The van der Waals surface area contributed by atoms with Gasteiger partial charge in [-0.3, -0.25) is 10.4 Å². The second-order valence-electron chi connectivity index (χ2n) is 7.07. The number of allylic oxidation sites excluding steroid dienone is 7. The molecule has 0 atom stereocenters. The highest BCUT2D eigenvalue weighted by Crippen LogP contribution is 2.22. The molecule has 0 spiro atoms. The number of nitrogens with one attached hydrogen (secondary N) is 5. The van der Waals surface area contributed by atoms with Crippen molar-refractivity contribution < 1.29 is 0 Å². The maximum absolute atomic E-state index is 8.17. The Labute approximate surface area is 166 Å². The quantitative estimate of drug-likeness (QED) is 0.301. The molecule has 148 valence electrons. The first kappa shape index (κ1) is 21.0. The van der Waals surface area contributed by atoms with E-state index >= 15 is 0 Å². The van der Waals surface area contributed by atoms with Gasteiger partial charge in [-0.25, -0.2) is 0 Å². The summed E-state index contributed by atoms with van der Waals surface area (Å²) in [6.45, 7) is 6.03. The first-order chi connectivity index (χ1) is 13.3. The number of amidine groups is 1. The van der Waals surface area contributed by atoms with Crippen LogP contribution in [0, 0.1) is 16.7 Å². The molecule has 28 heavy (non-hydrogen) atoms. The van der Waals surface area contributed by atoms with Crippen LogP contribution in [0.5, 0.6) is 0 Å². The van der Waals surface area contributed by atoms with E-state index in [1.807, 2.05) is 31.4 Å². The Bertz CT molecular complexity index is 857. The molecule has 2 rings (SSSR count). The Morgan fingerprint density at radius 2 is 2.07 bits per heavy atom. The molecule has 7 heteroatoms. The summed E-state index contributed by atoms with van der Waals surface area (Å²) in [4.78, 5) is 4.07. The van der Waals surface area contributed by atoms with E-state index in [0.717, 1.165) is 34.5 Å². The van der Waals surface area contributed by atoms with Crippen LogP contribution in [0.4, 0.5) is 0 Å². The van der Waals surface area contributed by atoms with Crippen LogP contribution in [0.15, 0.2) is 75.1 Å². The van der Waals surface area contributed by atoms with E-state index in [9.17, 15) is 0 Å². The predicted octanol–water partition coefficient (Wildman–Crippen LogP) is 2.81. The fourth-order valence-electron chi connectivity index (χ4n) is 2.86. The van der Waals surface area contributed by atoms with Crippen molar-refractivity contribution >= 4 is 18.3 Å². The van der Waals surface area contributed by atoms with Crippen LogP contribution in [0.25, 0.3) is 0 Å². The van der Waals surface area contributed by atoms with Gasteiger partial charge in [0, 0.05) is 42.5 Å². The van der Waals surface area contributed by atoms with E-state index < -0.39 is 0 Å². The van der Waals surface area contributed by atoms with Crippen molar-refractivity contribution in [2.45, 2.75) is 27.2 Å². The number of rotatable bonds is 7. The van der Waals surface area contributed by atoms with Gasteiger partial charge in [0.2, 0.25) is 0 Å². The third kappa shape index (κ3) is 5.57. The largest absolute Gasteiger partial charge is 0.402 e. The van der Waals surface area contributed by atoms with Crippen molar-refractivity contribution in [3.63, 3.8) is 0 Å². The van der Waals surface area contributed by atoms with Gasteiger partial charge in [-0.1, -0.05) is 13.8 Å². The Balaban J connectivity index is 2.14. The topological polar surface area (TPSA) is 122 Å².